The van der Waals surface area contributed by atoms with Crippen LogP contribution in [0.5, 0.6) is 0 Å². The number of aromatic nitrogens is 2. The van der Waals surface area contributed by atoms with Gasteiger partial charge in [0.2, 0.25) is 5.91 Å². The number of aryl methyl sites for hydroxylation is 2. The van der Waals surface area contributed by atoms with E-state index >= 15 is 0 Å². The topological polar surface area (TPSA) is 38.1 Å². The van der Waals surface area contributed by atoms with Crippen molar-refractivity contribution in [3.63, 3.8) is 0 Å². The van der Waals surface area contributed by atoms with Crippen molar-refractivity contribution in [1.29, 1.82) is 0 Å². The normalized spacial score (nSPS) is 18.0. The third-order valence-corrected chi connectivity index (χ3v) is 4.68. The Kier molecular flexibility index (Phi) is 4.58. The molecule has 0 spiro atoms. The molecule has 2 aromatic rings. The molecule has 0 radical (unpaired) electrons. The molecule has 1 aliphatic heterocycles. The van der Waals surface area contributed by atoms with Gasteiger partial charge in [0.25, 0.3) is 0 Å². The van der Waals surface area contributed by atoms with Crippen LogP contribution in [0.3, 0.4) is 0 Å². The predicted octanol–water partition coefficient (Wildman–Crippen LogP) is 3.88. The number of nitrogens with zero attached hydrogens (tertiary/aromatic N) is 3. The Labute approximate surface area is 144 Å². The molecular weight excluding hydrogens is 331 g/mol. The number of hydrogen-bond acceptors (Lipinski definition) is 2. The van der Waals surface area contributed by atoms with Crippen LogP contribution in [0.25, 0.3) is 0 Å². The van der Waals surface area contributed by atoms with Gasteiger partial charge in [-0.2, -0.15) is 18.3 Å². The Morgan fingerprint density at radius 3 is 2.64 bits per heavy atom. The highest BCUT2D eigenvalue weighted by Gasteiger charge is 2.35. The maximum atomic E-state index is 12.8. The third kappa shape index (κ3) is 3.55. The van der Waals surface area contributed by atoms with E-state index < -0.39 is 11.9 Å². The third-order valence-electron chi connectivity index (χ3n) is 4.68. The van der Waals surface area contributed by atoms with E-state index in [4.69, 9.17) is 0 Å². The minimum atomic E-state index is -4.50. The number of carbonyl (C=O) groups excluding carboxylic acids is 1. The number of alkyl halides is 3. The zero-order valence-corrected chi connectivity index (χ0v) is 14.2. The molecule has 1 saturated heterocycles. The van der Waals surface area contributed by atoms with Crippen molar-refractivity contribution in [3.8, 4) is 0 Å². The fourth-order valence-electron chi connectivity index (χ4n) is 3.38. The molecule has 0 unspecified atom stereocenters. The smallest absolute Gasteiger partial charge is 0.334 e. The van der Waals surface area contributed by atoms with Crippen LogP contribution in [-0.4, -0.2) is 27.1 Å². The summed E-state index contributed by atoms with van der Waals surface area (Å²) in [5.74, 6) is -0.203. The molecule has 1 aromatic heterocycles. The number of carbonyl (C=O) groups is 1. The summed E-state index contributed by atoms with van der Waals surface area (Å²) >= 11 is 0. The van der Waals surface area contributed by atoms with E-state index in [1.165, 1.54) is 6.92 Å². The van der Waals surface area contributed by atoms with E-state index in [1.54, 1.807) is 4.90 Å². The molecule has 3 rings (SSSR count). The molecule has 1 atom stereocenters. The second-order valence-electron chi connectivity index (χ2n) is 6.43. The van der Waals surface area contributed by atoms with Crippen molar-refractivity contribution in [1.82, 2.24) is 14.7 Å². The highest BCUT2D eigenvalue weighted by atomic mass is 19.4. The molecule has 1 aliphatic rings. The van der Waals surface area contributed by atoms with Crippen LogP contribution >= 0.6 is 0 Å². The van der Waals surface area contributed by atoms with Gasteiger partial charge in [0, 0.05) is 12.2 Å². The number of benzene rings is 1. The zero-order valence-electron chi connectivity index (χ0n) is 14.2. The molecule has 0 N–H and O–H groups in total. The predicted molar refractivity (Wildman–Crippen MR) is 86.8 cm³/mol. The van der Waals surface area contributed by atoms with Crippen LogP contribution in [0.15, 0.2) is 30.3 Å². The Bertz CT molecular complexity index is 782. The summed E-state index contributed by atoms with van der Waals surface area (Å²) in [6.45, 7) is 3.97. The first kappa shape index (κ1) is 17.5. The molecule has 1 amide bonds. The SMILES string of the molecule is Cc1ccccc1[C@@H]1CCCN1C(=O)Cn1nc(C(F)(F)F)cc1C. The number of hydrogen-bond donors (Lipinski definition) is 0. The van der Waals surface area contributed by atoms with E-state index in [0.29, 0.717) is 12.2 Å². The lowest BCUT2D eigenvalue weighted by atomic mass is 9.99. The van der Waals surface area contributed by atoms with E-state index in [-0.39, 0.29) is 18.5 Å². The highest BCUT2D eigenvalue weighted by molar-refractivity contribution is 5.77. The van der Waals surface area contributed by atoms with Crippen molar-refractivity contribution in [2.24, 2.45) is 0 Å². The standard InChI is InChI=1S/C18H20F3N3O/c1-12-6-3-4-7-14(12)15-8-5-9-23(15)17(25)11-24-13(2)10-16(22-24)18(19,20)21/h3-4,6-7,10,15H,5,8-9,11H2,1-2H3/t15-/m0/s1. The average molecular weight is 351 g/mol. The molecule has 2 heterocycles. The lowest BCUT2D eigenvalue weighted by molar-refractivity contribution is -0.142. The van der Waals surface area contributed by atoms with Crippen LogP contribution in [0.4, 0.5) is 13.2 Å². The van der Waals surface area contributed by atoms with Gasteiger partial charge in [0.05, 0.1) is 6.04 Å². The van der Waals surface area contributed by atoms with Crippen LogP contribution in [0.1, 0.15) is 41.4 Å². The van der Waals surface area contributed by atoms with Gasteiger partial charge in [-0.1, -0.05) is 24.3 Å². The number of amides is 1. The van der Waals surface area contributed by atoms with Crippen molar-refractivity contribution < 1.29 is 18.0 Å². The maximum Gasteiger partial charge on any atom is 0.435 e. The van der Waals surface area contributed by atoms with E-state index in [9.17, 15) is 18.0 Å². The minimum absolute atomic E-state index is 0.0216. The fraction of sp³-hybridized carbons (Fsp3) is 0.444. The first-order valence-electron chi connectivity index (χ1n) is 8.24. The molecule has 0 saturated carbocycles. The van der Waals surface area contributed by atoms with E-state index in [2.05, 4.69) is 5.10 Å². The summed E-state index contributed by atoms with van der Waals surface area (Å²) in [6.07, 6.45) is -2.75. The number of likely N-dealkylation sites (tertiary alicyclic amines) is 1. The number of halogens is 3. The van der Waals surface area contributed by atoms with Gasteiger partial charge in [-0.25, -0.2) is 0 Å². The van der Waals surface area contributed by atoms with Gasteiger partial charge in [-0.3, -0.25) is 9.48 Å². The summed E-state index contributed by atoms with van der Waals surface area (Å²) in [5.41, 5.74) is 1.57. The van der Waals surface area contributed by atoms with E-state index in [0.717, 1.165) is 34.7 Å². The molecule has 134 valence electrons. The van der Waals surface area contributed by atoms with Crippen molar-refractivity contribution in [3.05, 3.63) is 52.8 Å². The largest absolute Gasteiger partial charge is 0.435 e. The highest BCUT2D eigenvalue weighted by Crippen LogP contribution is 2.34. The molecule has 25 heavy (non-hydrogen) atoms. The van der Waals surface area contributed by atoms with Crippen LogP contribution in [0.2, 0.25) is 0 Å². The lowest BCUT2D eigenvalue weighted by Gasteiger charge is -2.26. The van der Waals surface area contributed by atoms with Gasteiger partial charge < -0.3 is 4.90 Å². The summed E-state index contributed by atoms with van der Waals surface area (Å²) in [4.78, 5) is 14.5. The van der Waals surface area contributed by atoms with Crippen molar-refractivity contribution in [2.75, 3.05) is 6.54 Å². The second-order valence-corrected chi connectivity index (χ2v) is 6.43. The zero-order chi connectivity index (χ0) is 18.2. The Morgan fingerprint density at radius 1 is 1.28 bits per heavy atom. The van der Waals surface area contributed by atoms with Gasteiger partial charge in [-0.05, 0) is 43.9 Å². The molecule has 1 aromatic carbocycles. The molecule has 7 heteroatoms. The maximum absolute atomic E-state index is 12.8. The second kappa shape index (κ2) is 6.54. The van der Waals surface area contributed by atoms with Gasteiger partial charge >= 0.3 is 6.18 Å². The molecule has 1 fully saturated rings. The Balaban J connectivity index is 1.79. The summed E-state index contributed by atoms with van der Waals surface area (Å²) < 4.78 is 39.5. The van der Waals surface area contributed by atoms with Crippen LogP contribution in [-0.2, 0) is 17.5 Å². The first-order valence-corrected chi connectivity index (χ1v) is 8.24. The Morgan fingerprint density at radius 2 is 2.00 bits per heavy atom. The van der Waals surface area contributed by atoms with Crippen molar-refractivity contribution in [2.45, 2.75) is 45.5 Å². The summed E-state index contributed by atoms with van der Waals surface area (Å²) in [6, 6.07) is 8.85. The summed E-state index contributed by atoms with van der Waals surface area (Å²) in [7, 11) is 0. The molecule has 4 nitrogen and oxygen atoms in total. The van der Waals surface area contributed by atoms with Crippen molar-refractivity contribution >= 4 is 5.91 Å². The average Bonchev–Trinajstić information content (AvgIpc) is 3.15. The molecule has 0 aliphatic carbocycles. The first-order chi connectivity index (χ1) is 11.8. The summed E-state index contributed by atoms with van der Waals surface area (Å²) in [5, 5.41) is 3.55. The van der Waals surface area contributed by atoms with Crippen LogP contribution in [0, 0.1) is 13.8 Å². The van der Waals surface area contributed by atoms with E-state index in [1.807, 2.05) is 31.2 Å². The monoisotopic (exact) mass is 351 g/mol. The van der Waals surface area contributed by atoms with Crippen LogP contribution < -0.4 is 0 Å². The molecular formula is C18H20F3N3O. The van der Waals surface area contributed by atoms with Gasteiger partial charge in [0.1, 0.15) is 6.54 Å². The molecule has 0 bridgehead atoms. The quantitative estimate of drug-likeness (QED) is 0.842. The Hall–Kier alpha value is -2.31. The number of rotatable bonds is 3. The fourth-order valence-corrected chi connectivity index (χ4v) is 3.38. The lowest BCUT2D eigenvalue weighted by Crippen LogP contribution is -2.34. The minimum Gasteiger partial charge on any atom is -0.334 e. The van der Waals surface area contributed by atoms with Gasteiger partial charge in [0.15, 0.2) is 5.69 Å². The van der Waals surface area contributed by atoms with Gasteiger partial charge in [-0.15, -0.1) is 0 Å².